The molecule has 0 radical (unpaired) electrons. The Morgan fingerprint density at radius 1 is 1.07 bits per heavy atom. The Morgan fingerprint density at radius 3 is 2.71 bits per heavy atom. The number of fused-ring (bicyclic) bond motifs is 1. The van der Waals surface area contributed by atoms with E-state index in [0.29, 0.717) is 11.8 Å². The average molecular weight is 385 g/mol. The van der Waals surface area contributed by atoms with Crippen molar-refractivity contribution in [1.29, 1.82) is 0 Å². The molecule has 0 aromatic heterocycles. The van der Waals surface area contributed by atoms with Gasteiger partial charge >= 0.3 is 5.97 Å². The van der Waals surface area contributed by atoms with Crippen molar-refractivity contribution in [3.05, 3.63) is 35.9 Å². The van der Waals surface area contributed by atoms with E-state index in [0.717, 1.165) is 44.9 Å². The fourth-order valence-electron chi connectivity index (χ4n) is 6.54. The highest BCUT2D eigenvalue weighted by Crippen LogP contribution is 2.63. The van der Waals surface area contributed by atoms with Crippen LogP contribution in [0.2, 0.25) is 0 Å². The van der Waals surface area contributed by atoms with E-state index in [2.05, 4.69) is 37.3 Å². The third kappa shape index (κ3) is 2.83. The molecule has 4 fully saturated rings. The molecule has 3 saturated heterocycles. The molecule has 7 atom stereocenters. The van der Waals surface area contributed by atoms with Gasteiger partial charge in [-0.05, 0) is 62.8 Å². The molecule has 5 rings (SSSR count). The summed E-state index contributed by atoms with van der Waals surface area (Å²) in [5.41, 5.74) is 0.956. The monoisotopic (exact) mass is 384 g/mol. The lowest BCUT2D eigenvalue weighted by molar-refractivity contribution is -0.265. The molecule has 28 heavy (non-hydrogen) atoms. The second-order valence-electron chi connectivity index (χ2n) is 9.62. The van der Waals surface area contributed by atoms with E-state index in [-0.39, 0.29) is 17.8 Å². The standard InChI is InChI=1S/C24H32O4/c1-16-12-13-20-18(11-7-6-10-17-8-4-3-5-9-17)21(25)26-22-24(20)19(16)14-15-23(2,27-22)28-24/h3-5,8-9,16,18-20,22H,6-7,10-15H2,1-2H3. The lowest BCUT2D eigenvalue weighted by Gasteiger charge is -2.56. The Kier molecular flexibility index (Phi) is 4.55. The minimum absolute atomic E-state index is 0.0499. The first-order valence-electron chi connectivity index (χ1n) is 11.1. The highest BCUT2D eigenvalue weighted by Gasteiger charge is 2.72. The first-order valence-corrected chi connectivity index (χ1v) is 11.1. The van der Waals surface area contributed by atoms with Gasteiger partial charge in [-0.2, -0.15) is 0 Å². The Bertz CT molecular complexity index is 733. The summed E-state index contributed by atoms with van der Waals surface area (Å²) in [5, 5.41) is 0. The number of hydrogen-bond acceptors (Lipinski definition) is 4. The van der Waals surface area contributed by atoms with Crippen LogP contribution in [0.1, 0.15) is 64.4 Å². The smallest absolute Gasteiger partial charge is 0.311 e. The third-order valence-electron chi connectivity index (χ3n) is 7.89. The van der Waals surface area contributed by atoms with E-state index in [9.17, 15) is 4.79 Å². The van der Waals surface area contributed by atoms with E-state index in [1.54, 1.807) is 0 Å². The first-order chi connectivity index (χ1) is 13.5. The van der Waals surface area contributed by atoms with Crippen LogP contribution in [0.4, 0.5) is 0 Å². The summed E-state index contributed by atoms with van der Waals surface area (Å²) in [6.45, 7) is 4.36. The van der Waals surface area contributed by atoms with Crippen LogP contribution < -0.4 is 0 Å². The molecule has 3 heterocycles. The van der Waals surface area contributed by atoms with Crippen LogP contribution in [0.5, 0.6) is 0 Å². The van der Waals surface area contributed by atoms with Crippen LogP contribution in [0.15, 0.2) is 30.3 Å². The van der Waals surface area contributed by atoms with Crippen LogP contribution in [0.3, 0.4) is 0 Å². The number of carbonyl (C=O) groups excluding carboxylic acids is 1. The summed E-state index contributed by atoms with van der Waals surface area (Å²) < 4.78 is 18.8. The van der Waals surface area contributed by atoms with E-state index in [4.69, 9.17) is 14.2 Å². The third-order valence-corrected chi connectivity index (χ3v) is 7.89. The zero-order valence-corrected chi connectivity index (χ0v) is 17.1. The van der Waals surface area contributed by atoms with E-state index < -0.39 is 17.7 Å². The molecule has 1 aromatic carbocycles. The number of rotatable bonds is 5. The second kappa shape index (κ2) is 6.84. The summed E-state index contributed by atoms with van der Waals surface area (Å²) in [6.07, 6.45) is 7.84. The largest absolute Gasteiger partial charge is 0.432 e. The van der Waals surface area contributed by atoms with Crippen molar-refractivity contribution in [3.8, 4) is 0 Å². The molecule has 7 unspecified atom stereocenters. The number of benzene rings is 1. The van der Waals surface area contributed by atoms with Gasteiger partial charge in [0.2, 0.25) is 6.29 Å². The van der Waals surface area contributed by atoms with Gasteiger partial charge in [-0.3, -0.25) is 4.79 Å². The van der Waals surface area contributed by atoms with E-state index in [1.807, 2.05) is 6.92 Å². The molecule has 4 heteroatoms. The summed E-state index contributed by atoms with van der Waals surface area (Å²) in [4.78, 5) is 12.9. The summed E-state index contributed by atoms with van der Waals surface area (Å²) in [7, 11) is 0. The lowest BCUT2D eigenvalue weighted by atomic mass is 9.56. The molecule has 152 valence electrons. The van der Waals surface area contributed by atoms with Gasteiger partial charge in [-0.25, -0.2) is 0 Å². The number of ether oxygens (including phenoxy) is 3. The summed E-state index contributed by atoms with van der Waals surface area (Å²) >= 11 is 0. The highest BCUT2D eigenvalue weighted by molar-refractivity contribution is 5.74. The quantitative estimate of drug-likeness (QED) is 0.537. The van der Waals surface area contributed by atoms with Gasteiger partial charge in [0.25, 0.3) is 0 Å². The molecular weight excluding hydrogens is 352 g/mol. The van der Waals surface area contributed by atoms with Gasteiger partial charge in [-0.1, -0.05) is 43.7 Å². The van der Waals surface area contributed by atoms with E-state index >= 15 is 0 Å². The minimum atomic E-state index is -0.584. The molecule has 1 spiro atoms. The van der Waals surface area contributed by atoms with Crippen LogP contribution in [0, 0.1) is 23.7 Å². The normalized spacial score (nSPS) is 44.1. The second-order valence-corrected chi connectivity index (χ2v) is 9.62. The molecule has 4 aliphatic rings. The molecular formula is C24H32O4. The van der Waals surface area contributed by atoms with Crippen LogP contribution >= 0.6 is 0 Å². The Balaban J connectivity index is 1.32. The number of esters is 1. The van der Waals surface area contributed by atoms with Gasteiger partial charge in [0, 0.05) is 12.3 Å². The first kappa shape index (κ1) is 18.6. The molecule has 0 amide bonds. The molecule has 1 aromatic rings. The maximum Gasteiger partial charge on any atom is 0.311 e. The van der Waals surface area contributed by atoms with Crippen molar-refractivity contribution in [2.24, 2.45) is 23.7 Å². The van der Waals surface area contributed by atoms with Gasteiger partial charge in [-0.15, -0.1) is 0 Å². The van der Waals surface area contributed by atoms with Gasteiger partial charge in [0.15, 0.2) is 5.79 Å². The Hall–Kier alpha value is -1.39. The van der Waals surface area contributed by atoms with Crippen molar-refractivity contribution in [2.45, 2.75) is 82.9 Å². The predicted molar refractivity (Wildman–Crippen MR) is 105 cm³/mol. The summed E-state index contributed by atoms with van der Waals surface area (Å²) in [6, 6.07) is 10.6. The van der Waals surface area contributed by atoms with Crippen molar-refractivity contribution < 1.29 is 19.0 Å². The van der Waals surface area contributed by atoms with Crippen molar-refractivity contribution in [1.82, 2.24) is 0 Å². The molecule has 0 N–H and O–H groups in total. The molecule has 2 bridgehead atoms. The fourth-order valence-corrected chi connectivity index (χ4v) is 6.54. The van der Waals surface area contributed by atoms with Gasteiger partial charge in [0.1, 0.15) is 5.60 Å². The summed E-state index contributed by atoms with van der Waals surface area (Å²) in [5.74, 6) is 0.574. The molecule has 4 nitrogen and oxygen atoms in total. The zero-order chi connectivity index (χ0) is 19.4. The number of aryl methyl sites for hydroxylation is 1. The fraction of sp³-hybridized carbons (Fsp3) is 0.708. The van der Waals surface area contributed by atoms with Crippen LogP contribution in [0.25, 0.3) is 0 Å². The maximum atomic E-state index is 12.9. The molecule has 1 aliphatic carbocycles. The van der Waals surface area contributed by atoms with Gasteiger partial charge in [0.05, 0.1) is 5.92 Å². The number of unbranched alkanes of at least 4 members (excludes halogenated alkanes) is 1. The van der Waals surface area contributed by atoms with Crippen LogP contribution in [-0.2, 0) is 25.4 Å². The Morgan fingerprint density at radius 2 is 1.89 bits per heavy atom. The maximum absolute atomic E-state index is 12.9. The SMILES string of the molecule is CC1CCC2C(CCCCc3ccccc3)C(=O)OC3OC4(C)CCC1C32O4. The average Bonchev–Trinajstić information content (AvgIpc) is 2.90. The highest BCUT2D eigenvalue weighted by atomic mass is 16.8. The minimum Gasteiger partial charge on any atom is -0.432 e. The molecule has 3 aliphatic heterocycles. The van der Waals surface area contributed by atoms with E-state index in [1.165, 1.54) is 12.0 Å². The van der Waals surface area contributed by atoms with Crippen molar-refractivity contribution >= 4 is 5.97 Å². The molecule has 1 saturated carbocycles. The van der Waals surface area contributed by atoms with Crippen molar-refractivity contribution in [3.63, 3.8) is 0 Å². The topological polar surface area (TPSA) is 44.8 Å². The number of hydrogen-bond donors (Lipinski definition) is 0. The van der Waals surface area contributed by atoms with Gasteiger partial charge < -0.3 is 14.2 Å². The predicted octanol–water partition coefficient (Wildman–Crippen LogP) is 4.86. The zero-order valence-electron chi connectivity index (χ0n) is 17.1. The van der Waals surface area contributed by atoms with Crippen LogP contribution in [-0.4, -0.2) is 23.6 Å². The lowest BCUT2D eigenvalue weighted by Crippen LogP contribution is -2.65. The van der Waals surface area contributed by atoms with Crippen molar-refractivity contribution in [2.75, 3.05) is 0 Å². The Labute approximate surface area is 167 Å². The number of carbonyl (C=O) groups is 1.